The average molecular weight is 248 g/mol. The van der Waals surface area contributed by atoms with Gasteiger partial charge in [-0.1, -0.05) is 13.3 Å². The molecule has 100 valence electrons. The number of nitrogens with one attached hydrogen (secondary N) is 1. The van der Waals surface area contributed by atoms with Crippen LogP contribution in [0.2, 0.25) is 0 Å². The molecule has 1 aliphatic carbocycles. The summed E-state index contributed by atoms with van der Waals surface area (Å²) in [6.07, 6.45) is 6.07. The molecular weight excluding hydrogens is 224 g/mol. The zero-order chi connectivity index (χ0) is 13.0. The number of nitrogens with zero attached hydrogens (tertiary/aromatic N) is 3. The summed E-state index contributed by atoms with van der Waals surface area (Å²) in [7, 11) is 2.09. The van der Waals surface area contributed by atoms with Crippen LogP contribution in [0.3, 0.4) is 0 Å². The minimum Gasteiger partial charge on any atom is -0.344 e. The van der Waals surface area contributed by atoms with Gasteiger partial charge in [0, 0.05) is 37.6 Å². The topological polar surface area (TPSA) is 41.1 Å². The predicted octanol–water partition coefficient (Wildman–Crippen LogP) is 2.13. The van der Waals surface area contributed by atoms with Crippen LogP contribution in [-0.2, 0) is 6.54 Å². The van der Waals surface area contributed by atoms with Crippen molar-refractivity contribution < 1.29 is 0 Å². The molecule has 0 unspecified atom stereocenters. The molecule has 1 saturated carbocycles. The van der Waals surface area contributed by atoms with Crippen molar-refractivity contribution in [1.29, 1.82) is 0 Å². The Balaban J connectivity index is 1.97. The van der Waals surface area contributed by atoms with E-state index in [1.165, 1.54) is 24.8 Å². The Kier molecular flexibility index (Phi) is 4.53. The van der Waals surface area contributed by atoms with Gasteiger partial charge in [0.2, 0.25) is 5.95 Å². The van der Waals surface area contributed by atoms with Gasteiger partial charge in [-0.25, -0.2) is 9.97 Å². The molecule has 4 heteroatoms. The first-order valence-corrected chi connectivity index (χ1v) is 6.95. The minimum absolute atomic E-state index is 0.848. The summed E-state index contributed by atoms with van der Waals surface area (Å²) in [4.78, 5) is 11.3. The van der Waals surface area contributed by atoms with Crippen LogP contribution in [0.5, 0.6) is 0 Å². The molecule has 0 bridgehead atoms. The first-order valence-electron chi connectivity index (χ1n) is 6.95. The summed E-state index contributed by atoms with van der Waals surface area (Å²) in [5.41, 5.74) is 2.28. The van der Waals surface area contributed by atoms with Gasteiger partial charge in [0.1, 0.15) is 0 Å². The number of aryl methyl sites for hydroxylation is 1. The number of anilines is 1. The van der Waals surface area contributed by atoms with E-state index in [-0.39, 0.29) is 0 Å². The second kappa shape index (κ2) is 6.14. The number of rotatable bonds is 6. The van der Waals surface area contributed by atoms with Crippen LogP contribution in [0.1, 0.15) is 37.4 Å². The van der Waals surface area contributed by atoms with Gasteiger partial charge in [-0.15, -0.1) is 0 Å². The molecular formula is C14H24N4. The second-order valence-corrected chi connectivity index (χ2v) is 5.24. The molecule has 0 saturated heterocycles. The van der Waals surface area contributed by atoms with Crippen molar-refractivity contribution in [2.45, 2.75) is 39.7 Å². The fraction of sp³-hybridized carbons (Fsp3) is 0.714. The number of hydrogen-bond donors (Lipinski definition) is 1. The lowest BCUT2D eigenvalue weighted by molar-refractivity contribution is 0.320. The van der Waals surface area contributed by atoms with E-state index in [1.807, 2.05) is 6.20 Å². The van der Waals surface area contributed by atoms with Crippen LogP contribution in [0.25, 0.3) is 0 Å². The molecule has 0 aromatic carbocycles. The maximum absolute atomic E-state index is 4.61. The van der Waals surface area contributed by atoms with Gasteiger partial charge in [-0.3, -0.25) is 0 Å². The first kappa shape index (κ1) is 13.3. The summed E-state index contributed by atoms with van der Waals surface area (Å²) in [5.74, 6) is 1.71. The van der Waals surface area contributed by atoms with Gasteiger partial charge in [-0.05, 0) is 32.2 Å². The van der Waals surface area contributed by atoms with Gasteiger partial charge >= 0.3 is 0 Å². The maximum atomic E-state index is 4.61. The van der Waals surface area contributed by atoms with E-state index in [0.717, 1.165) is 37.2 Å². The third kappa shape index (κ3) is 3.19. The molecule has 18 heavy (non-hydrogen) atoms. The summed E-state index contributed by atoms with van der Waals surface area (Å²) in [6.45, 7) is 7.09. The van der Waals surface area contributed by atoms with Crippen molar-refractivity contribution in [2.75, 3.05) is 25.0 Å². The Labute approximate surface area is 110 Å². The standard InChI is InChI=1S/C14H24N4/c1-4-15-8-13-9-16-14(17-11(13)2)18(3)10-12-6-5-7-12/h9,12,15H,4-8,10H2,1-3H3. The molecule has 1 fully saturated rings. The zero-order valence-corrected chi connectivity index (χ0v) is 11.7. The Morgan fingerprint density at radius 3 is 2.78 bits per heavy atom. The quantitative estimate of drug-likeness (QED) is 0.837. The lowest BCUT2D eigenvalue weighted by Gasteiger charge is -2.30. The monoisotopic (exact) mass is 248 g/mol. The Bertz CT molecular complexity index is 387. The first-order chi connectivity index (χ1) is 8.70. The summed E-state index contributed by atoms with van der Waals surface area (Å²) in [6, 6.07) is 0. The number of hydrogen-bond acceptors (Lipinski definition) is 4. The Morgan fingerprint density at radius 1 is 1.44 bits per heavy atom. The normalized spacial score (nSPS) is 15.5. The highest BCUT2D eigenvalue weighted by molar-refractivity contribution is 5.32. The molecule has 1 heterocycles. The molecule has 1 aromatic rings. The molecule has 1 aliphatic rings. The van der Waals surface area contributed by atoms with Crippen LogP contribution < -0.4 is 10.2 Å². The summed E-state index contributed by atoms with van der Waals surface area (Å²) < 4.78 is 0. The lowest BCUT2D eigenvalue weighted by Crippen LogP contribution is -2.30. The fourth-order valence-electron chi connectivity index (χ4n) is 2.24. The molecule has 0 spiro atoms. The molecule has 0 amide bonds. The maximum Gasteiger partial charge on any atom is 0.225 e. The summed E-state index contributed by atoms with van der Waals surface area (Å²) in [5, 5.41) is 3.31. The van der Waals surface area contributed by atoms with E-state index in [4.69, 9.17) is 0 Å². The molecule has 4 nitrogen and oxygen atoms in total. The third-order valence-electron chi connectivity index (χ3n) is 3.73. The molecule has 0 atom stereocenters. The van der Waals surface area contributed by atoms with Gasteiger partial charge < -0.3 is 10.2 Å². The average Bonchev–Trinajstić information content (AvgIpc) is 2.32. The van der Waals surface area contributed by atoms with Crippen LogP contribution in [0.4, 0.5) is 5.95 Å². The highest BCUT2D eigenvalue weighted by Gasteiger charge is 2.20. The molecule has 1 aromatic heterocycles. The largest absolute Gasteiger partial charge is 0.344 e. The molecule has 2 rings (SSSR count). The van der Waals surface area contributed by atoms with E-state index in [1.54, 1.807) is 0 Å². The van der Waals surface area contributed by atoms with Crippen molar-refractivity contribution in [3.63, 3.8) is 0 Å². The van der Waals surface area contributed by atoms with Crippen molar-refractivity contribution in [3.05, 3.63) is 17.5 Å². The van der Waals surface area contributed by atoms with Gasteiger partial charge in [-0.2, -0.15) is 0 Å². The van der Waals surface area contributed by atoms with Crippen LogP contribution in [0, 0.1) is 12.8 Å². The third-order valence-corrected chi connectivity index (χ3v) is 3.73. The highest BCUT2D eigenvalue weighted by Crippen LogP contribution is 2.27. The second-order valence-electron chi connectivity index (χ2n) is 5.24. The Hall–Kier alpha value is -1.16. The van der Waals surface area contributed by atoms with E-state index < -0.39 is 0 Å². The van der Waals surface area contributed by atoms with Crippen molar-refractivity contribution in [1.82, 2.24) is 15.3 Å². The van der Waals surface area contributed by atoms with E-state index >= 15 is 0 Å². The Morgan fingerprint density at radius 2 is 2.22 bits per heavy atom. The fourth-order valence-corrected chi connectivity index (χ4v) is 2.24. The van der Waals surface area contributed by atoms with Crippen LogP contribution >= 0.6 is 0 Å². The number of aromatic nitrogens is 2. The smallest absolute Gasteiger partial charge is 0.225 e. The summed E-state index contributed by atoms with van der Waals surface area (Å²) >= 11 is 0. The minimum atomic E-state index is 0.848. The van der Waals surface area contributed by atoms with Gasteiger partial charge in [0.25, 0.3) is 0 Å². The van der Waals surface area contributed by atoms with Crippen molar-refractivity contribution in [3.8, 4) is 0 Å². The molecule has 0 radical (unpaired) electrons. The molecule has 1 N–H and O–H groups in total. The highest BCUT2D eigenvalue weighted by atomic mass is 15.2. The van der Waals surface area contributed by atoms with Gasteiger partial charge in [0.15, 0.2) is 0 Å². The van der Waals surface area contributed by atoms with Crippen LogP contribution in [0.15, 0.2) is 6.20 Å². The molecule has 0 aliphatic heterocycles. The SMILES string of the molecule is CCNCc1cnc(N(C)CC2CCC2)nc1C. The van der Waals surface area contributed by atoms with E-state index in [2.05, 4.69) is 41.1 Å². The van der Waals surface area contributed by atoms with Gasteiger partial charge in [0.05, 0.1) is 0 Å². The van der Waals surface area contributed by atoms with E-state index in [9.17, 15) is 0 Å². The van der Waals surface area contributed by atoms with Crippen LogP contribution in [-0.4, -0.2) is 30.1 Å². The van der Waals surface area contributed by atoms with Crippen molar-refractivity contribution >= 4 is 5.95 Å². The lowest BCUT2D eigenvalue weighted by atomic mass is 9.85. The van der Waals surface area contributed by atoms with Crippen molar-refractivity contribution in [2.24, 2.45) is 5.92 Å². The van der Waals surface area contributed by atoms with E-state index in [0.29, 0.717) is 0 Å². The predicted molar refractivity (Wildman–Crippen MR) is 74.8 cm³/mol. The zero-order valence-electron chi connectivity index (χ0n) is 11.7.